The van der Waals surface area contributed by atoms with E-state index in [0.717, 1.165) is 6.42 Å². The Labute approximate surface area is 114 Å². The Morgan fingerprint density at radius 3 is 2.94 bits per heavy atom. The predicted molar refractivity (Wildman–Crippen MR) is 67.8 cm³/mol. The smallest absolute Gasteiger partial charge is 0.252 e. The first kappa shape index (κ1) is 13.1. The summed E-state index contributed by atoms with van der Waals surface area (Å²) in [4.78, 5) is 26.6. The highest BCUT2D eigenvalue weighted by molar-refractivity contribution is 6.41. The highest BCUT2D eigenvalue weighted by Gasteiger charge is 2.21. The van der Waals surface area contributed by atoms with E-state index < -0.39 is 0 Å². The Morgan fingerprint density at radius 1 is 1.56 bits per heavy atom. The van der Waals surface area contributed by atoms with Crippen molar-refractivity contribution < 1.29 is 9.59 Å². The van der Waals surface area contributed by atoms with Crippen molar-refractivity contribution in [2.75, 3.05) is 6.54 Å². The van der Waals surface area contributed by atoms with Crippen LogP contribution in [0.3, 0.4) is 0 Å². The minimum Gasteiger partial charge on any atom is -0.352 e. The fourth-order valence-electron chi connectivity index (χ4n) is 1.69. The number of carbonyl (C=O) groups is 2. The van der Waals surface area contributed by atoms with Crippen LogP contribution < -0.4 is 10.6 Å². The number of nitrogens with one attached hydrogen (secondary N) is 2. The second kappa shape index (κ2) is 5.54. The molecule has 2 amide bonds. The van der Waals surface area contributed by atoms with E-state index in [9.17, 15) is 9.59 Å². The minimum atomic E-state index is -0.290. The van der Waals surface area contributed by atoms with Crippen LogP contribution in [0.2, 0.25) is 10.2 Å². The monoisotopic (exact) mass is 287 g/mol. The summed E-state index contributed by atoms with van der Waals surface area (Å²) in [5.74, 6) is -0.271. The molecular weight excluding hydrogens is 277 g/mol. The number of rotatable bonds is 3. The molecule has 1 saturated heterocycles. The van der Waals surface area contributed by atoms with Crippen LogP contribution in [0.25, 0.3) is 0 Å². The van der Waals surface area contributed by atoms with Gasteiger partial charge in [0.25, 0.3) is 5.91 Å². The quantitative estimate of drug-likeness (QED) is 0.826. The summed E-state index contributed by atoms with van der Waals surface area (Å²) in [6.07, 6.45) is 2.60. The zero-order chi connectivity index (χ0) is 13.1. The molecule has 0 saturated carbocycles. The highest BCUT2D eigenvalue weighted by Crippen LogP contribution is 2.19. The second-order valence-electron chi connectivity index (χ2n) is 4.01. The number of aromatic nitrogens is 1. The average molecular weight is 288 g/mol. The summed E-state index contributed by atoms with van der Waals surface area (Å²) in [6, 6.07) is 1.46. The van der Waals surface area contributed by atoms with Crippen molar-refractivity contribution in [3.05, 3.63) is 28.0 Å². The van der Waals surface area contributed by atoms with Crippen LogP contribution in [-0.2, 0) is 4.79 Å². The Bertz CT molecular complexity index is 493. The van der Waals surface area contributed by atoms with Crippen LogP contribution in [0.5, 0.6) is 0 Å². The maximum atomic E-state index is 11.8. The van der Waals surface area contributed by atoms with E-state index in [0.29, 0.717) is 18.5 Å². The van der Waals surface area contributed by atoms with Gasteiger partial charge in [-0.15, -0.1) is 0 Å². The summed E-state index contributed by atoms with van der Waals surface area (Å²) in [5, 5.41) is 5.88. The Hall–Kier alpha value is -1.33. The lowest BCUT2D eigenvalue weighted by atomic mass is 10.2. The molecule has 96 valence electrons. The van der Waals surface area contributed by atoms with Gasteiger partial charge in [-0.3, -0.25) is 9.59 Å². The Morgan fingerprint density at radius 2 is 2.33 bits per heavy atom. The molecule has 0 bridgehead atoms. The van der Waals surface area contributed by atoms with Crippen molar-refractivity contribution in [1.82, 2.24) is 15.6 Å². The number of halogens is 2. The van der Waals surface area contributed by atoms with Gasteiger partial charge in [0.2, 0.25) is 5.91 Å². The zero-order valence-corrected chi connectivity index (χ0v) is 10.9. The van der Waals surface area contributed by atoms with Crippen molar-refractivity contribution in [2.45, 2.75) is 18.9 Å². The van der Waals surface area contributed by atoms with E-state index in [1.807, 2.05) is 0 Å². The second-order valence-corrected chi connectivity index (χ2v) is 4.77. The van der Waals surface area contributed by atoms with Gasteiger partial charge in [0, 0.05) is 25.2 Å². The predicted octanol–water partition coefficient (Wildman–Crippen LogP) is 1.40. The van der Waals surface area contributed by atoms with Crippen LogP contribution in [-0.4, -0.2) is 29.4 Å². The molecule has 2 N–H and O–H groups in total. The fraction of sp³-hybridized carbons (Fsp3) is 0.364. The van der Waals surface area contributed by atoms with Gasteiger partial charge in [0.1, 0.15) is 5.15 Å². The van der Waals surface area contributed by atoms with E-state index in [-0.39, 0.29) is 28.0 Å². The SMILES string of the molecule is O=C1CCC(CNC(=O)c2cnc(Cl)c(Cl)c2)N1. The van der Waals surface area contributed by atoms with Crippen LogP contribution in [0, 0.1) is 0 Å². The van der Waals surface area contributed by atoms with E-state index in [4.69, 9.17) is 23.2 Å². The number of pyridine rings is 1. The molecule has 0 aliphatic carbocycles. The molecule has 2 heterocycles. The van der Waals surface area contributed by atoms with Gasteiger partial charge < -0.3 is 10.6 Å². The first-order chi connectivity index (χ1) is 8.56. The lowest BCUT2D eigenvalue weighted by Crippen LogP contribution is -2.38. The molecule has 1 unspecified atom stereocenters. The van der Waals surface area contributed by atoms with Gasteiger partial charge in [-0.05, 0) is 12.5 Å². The van der Waals surface area contributed by atoms with Crippen LogP contribution in [0.1, 0.15) is 23.2 Å². The largest absolute Gasteiger partial charge is 0.352 e. The number of hydrogen-bond donors (Lipinski definition) is 2. The van der Waals surface area contributed by atoms with Crippen LogP contribution in [0.4, 0.5) is 0 Å². The van der Waals surface area contributed by atoms with Gasteiger partial charge >= 0.3 is 0 Å². The molecule has 5 nitrogen and oxygen atoms in total. The summed E-state index contributed by atoms with van der Waals surface area (Å²) in [6.45, 7) is 0.394. The lowest BCUT2D eigenvalue weighted by Gasteiger charge is -2.11. The number of amides is 2. The van der Waals surface area contributed by atoms with Crippen molar-refractivity contribution in [3.63, 3.8) is 0 Å². The van der Waals surface area contributed by atoms with Gasteiger partial charge in [0.05, 0.1) is 10.6 Å². The molecule has 0 aromatic carbocycles. The van der Waals surface area contributed by atoms with Gasteiger partial charge in [-0.2, -0.15) is 0 Å². The maximum Gasteiger partial charge on any atom is 0.252 e. The molecule has 1 aliphatic rings. The third-order valence-corrected chi connectivity index (χ3v) is 3.34. The normalized spacial score (nSPS) is 18.6. The standard InChI is InChI=1S/C11H11Cl2N3O2/c12-8-3-6(4-14-10(8)13)11(18)15-5-7-1-2-9(17)16-7/h3-4,7H,1-2,5H2,(H,15,18)(H,16,17). The summed E-state index contributed by atoms with van der Waals surface area (Å²) in [7, 11) is 0. The topological polar surface area (TPSA) is 71.1 Å². The molecule has 2 rings (SSSR count). The molecule has 1 aromatic heterocycles. The highest BCUT2D eigenvalue weighted by atomic mass is 35.5. The molecule has 18 heavy (non-hydrogen) atoms. The van der Waals surface area contributed by atoms with Gasteiger partial charge in [0.15, 0.2) is 0 Å². The maximum absolute atomic E-state index is 11.8. The molecule has 0 spiro atoms. The third-order valence-electron chi connectivity index (χ3n) is 2.65. The Balaban J connectivity index is 1.91. The number of carbonyl (C=O) groups excluding carboxylic acids is 2. The molecule has 0 radical (unpaired) electrons. The molecular formula is C11H11Cl2N3O2. The van der Waals surface area contributed by atoms with Gasteiger partial charge in [-0.25, -0.2) is 4.98 Å². The van der Waals surface area contributed by atoms with Crippen LogP contribution in [0.15, 0.2) is 12.3 Å². The zero-order valence-electron chi connectivity index (χ0n) is 9.37. The molecule has 1 aromatic rings. The van der Waals surface area contributed by atoms with Crippen molar-refractivity contribution in [2.24, 2.45) is 0 Å². The molecule has 7 heteroatoms. The van der Waals surface area contributed by atoms with E-state index in [1.54, 1.807) is 0 Å². The average Bonchev–Trinajstić information content (AvgIpc) is 2.75. The first-order valence-electron chi connectivity index (χ1n) is 5.45. The molecule has 1 aliphatic heterocycles. The third kappa shape index (κ3) is 3.11. The van der Waals surface area contributed by atoms with Crippen LogP contribution >= 0.6 is 23.2 Å². The first-order valence-corrected chi connectivity index (χ1v) is 6.20. The lowest BCUT2D eigenvalue weighted by molar-refractivity contribution is -0.119. The number of hydrogen-bond acceptors (Lipinski definition) is 3. The van der Waals surface area contributed by atoms with Crippen molar-refractivity contribution in [1.29, 1.82) is 0 Å². The fourth-order valence-corrected chi connectivity index (χ4v) is 1.96. The van der Waals surface area contributed by atoms with E-state index >= 15 is 0 Å². The van der Waals surface area contributed by atoms with Crippen molar-refractivity contribution in [3.8, 4) is 0 Å². The summed E-state index contributed by atoms with van der Waals surface area (Å²) < 4.78 is 0. The molecule has 1 atom stereocenters. The van der Waals surface area contributed by atoms with Gasteiger partial charge in [-0.1, -0.05) is 23.2 Å². The van der Waals surface area contributed by atoms with Crippen molar-refractivity contribution >= 4 is 35.0 Å². The minimum absolute atomic E-state index is 0.00261. The number of nitrogens with zero attached hydrogens (tertiary/aromatic N) is 1. The summed E-state index contributed by atoms with van der Waals surface area (Å²) in [5.41, 5.74) is 0.341. The molecule has 1 fully saturated rings. The Kier molecular flexibility index (Phi) is 4.04. The summed E-state index contributed by atoms with van der Waals surface area (Å²) >= 11 is 11.4. The van der Waals surface area contributed by atoms with E-state index in [1.165, 1.54) is 12.3 Å². The van der Waals surface area contributed by atoms with E-state index in [2.05, 4.69) is 15.6 Å².